The summed E-state index contributed by atoms with van der Waals surface area (Å²) >= 11 is 0. The van der Waals surface area contributed by atoms with E-state index in [1.807, 2.05) is 0 Å². The summed E-state index contributed by atoms with van der Waals surface area (Å²) in [5, 5.41) is 14.9. The van der Waals surface area contributed by atoms with Crippen molar-refractivity contribution in [2.24, 2.45) is 5.10 Å². The molecule has 0 saturated carbocycles. The normalized spacial score (nSPS) is 13.1. The number of fused-ring (bicyclic) bond motifs is 1. The van der Waals surface area contributed by atoms with Crippen LogP contribution in [0.4, 0.5) is 11.4 Å². The molecule has 1 aliphatic rings. The van der Waals surface area contributed by atoms with Gasteiger partial charge in [-0.2, -0.15) is 5.10 Å². The fourth-order valence-electron chi connectivity index (χ4n) is 2.86. The van der Waals surface area contributed by atoms with Crippen molar-refractivity contribution in [2.45, 2.75) is 12.8 Å². The van der Waals surface area contributed by atoms with Crippen LogP contribution in [0.25, 0.3) is 0 Å². The van der Waals surface area contributed by atoms with Crippen molar-refractivity contribution in [1.82, 2.24) is 4.90 Å². The number of benzene rings is 2. The second-order valence-corrected chi connectivity index (χ2v) is 6.01. The van der Waals surface area contributed by atoms with Gasteiger partial charge in [0.1, 0.15) is 11.4 Å². The first-order valence-corrected chi connectivity index (χ1v) is 8.58. The van der Waals surface area contributed by atoms with Gasteiger partial charge in [0, 0.05) is 24.9 Å². The Balaban J connectivity index is 1.52. The van der Waals surface area contributed by atoms with Crippen LogP contribution in [0.5, 0.6) is 5.75 Å². The third kappa shape index (κ3) is 3.83. The van der Waals surface area contributed by atoms with Crippen LogP contribution >= 0.6 is 0 Å². The molecule has 0 spiro atoms. The number of nitro benzene ring substituents is 1. The van der Waals surface area contributed by atoms with Crippen LogP contribution in [0.2, 0.25) is 0 Å². The lowest BCUT2D eigenvalue weighted by atomic mass is 10.1. The third-order valence-corrected chi connectivity index (χ3v) is 4.26. The summed E-state index contributed by atoms with van der Waals surface area (Å²) in [5.41, 5.74) is 3.86. The number of anilines is 1. The number of hydrazone groups is 1. The van der Waals surface area contributed by atoms with Crippen LogP contribution in [0.1, 0.15) is 33.6 Å². The Labute approximate surface area is 160 Å². The number of rotatable bonds is 8. The summed E-state index contributed by atoms with van der Waals surface area (Å²) in [6.07, 6.45) is 2.64. The van der Waals surface area contributed by atoms with Gasteiger partial charge in [-0.25, -0.2) is 0 Å². The molecule has 1 heterocycles. The standard InChI is InChI=1S/C19H18N4O5/c1-28-17-9-8-13(23(26)27)12-16(17)21-20-10-4-5-11-22-18(24)14-6-2-3-7-15(14)19(22)25/h2-3,6-10,12,21H,4-5,11H2,1H3/b20-10+. The minimum Gasteiger partial charge on any atom is -0.495 e. The fourth-order valence-corrected chi connectivity index (χ4v) is 2.86. The Kier molecular flexibility index (Phi) is 5.64. The maximum absolute atomic E-state index is 12.3. The number of non-ortho nitro benzene ring substituents is 1. The monoisotopic (exact) mass is 382 g/mol. The van der Waals surface area contributed by atoms with Crippen molar-refractivity contribution in [3.05, 3.63) is 63.7 Å². The number of nitrogens with zero attached hydrogens (tertiary/aromatic N) is 3. The van der Waals surface area contributed by atoms with Crippen molar-refractivity contribution in [3.63, 3.8) is 0 Å². The van der Waals surface area contributed by atoms with E-state index >= 15 is 0 Å². The van der Waals surface area contributed by atoms with E-state index in [0.717, 1.165) is 0 Å². The Bertz CT molecular complexity index is 922. The van der Waals surface area contributed by atoms with Crippen LogP contribution in [0.15, 0.2) is 47.6 Å². The molecule has 0 saturated heterocycles. The van der Waals surface area contributed by atoms with E-state index in [-0.39, 0.29) is 17.5 Å². The number of nitro groups is 1. The maximum Gasteiger partial charge on any atom is 0.271 e. The van der Waals surface area contributed by atoms with E-state index in [0.29, 0.717) is 42.0 Å². The molecule has 2 aromatic carbocycles. The maximum atomic E-state index is 12.3. The molecule has 0 aromatic heterocycles. The first-order chi connectivity index (χ1) is 13.5. The lowest BCUT2D eigenvalue weighted by Crippen LogP contribution is -2.30. The minimum absolute atomic E-state index is 0.0795. The molecule has 144 valence electrons. The second-order valence-electron chi connectivity index (χ2n) is 6.01. The van der Waals surface area contributed by atoms with Crippen LogP contribution in [0.3, 0.4) is 0 Å². The van der Waals surface area contributed by atoms with E-state index in [4.69, 9.17) is 4.74 Å². The highest BCUT2D eigenvalue weighted by molar-refractivity contribution is 6.21. The fraction of sp³-hybridized carbons (Fsp3) is 0.211. The van der Waals surface area contributed by atoms with Crippen LogP contribution in [0, 0.1) is 10.1 Å². The molecular weight excluding hydrogens is 364 g/mol. The number of nitrogens with one attached hydrogen (secondary N) is 1. The summed E-state index contributed by atoms with van der Waals surface area (Å²) in [4.78, 5) is 36.1. The molecule has 3 rings (SSSR count). The van der Waals surface area contributed by atoms with Gasteiger partial charge in [-0.3, -0.25) is 30.0 Å². The smallest absolute Gasteiger partial charge is 0.271 e. The van der Waals surface area contributed by atoms with E-state index in [9.17, 15) is 19.7 Å². The highest BCUT2D eigenvalue weighted by atomic mass is 16.6. The molecule has 0 aliphatic carbocycles. The number of carbonyl (C=O) groups excluding carboxylic acids is 2. The van der Waals surface area contributed by atoms with Gasteiger partial charge >= 0.3 is 0 Å². The average Bonchev–Trinajstić information content (AvgIpc) is 2.95. The SMILES string of the molecule is COc1ccc([N+](=O)[O-])cc1N/N=C/CCCN1C(=O)c2ccccc2C1=O. The highest BCUT2D eigenvalue weighted by Gasteiger charge is 2.34. The van der Waals surface area contributed by atoms with Gasteiger partial charge in [0.15, 0.2) is 0 Å². The summed E-state index contributed by atoms with van der Waals surface area (Å²) in [7, 11) is 1.46. The molecule has 1 aliphatic heterocycles. The molecule has 1 N–H and O–H groups in total. The molecule has 28 heavy (non-hydrogen) atoms. The number of carbonyl (C=O) groups is 2. The summed E-state index contributed by atoms with van der Waals surface area (Å²) in [5.74, 6) is -0.136. The first-order valence-electron chi connectivity index (χ1n) is 8.58. The molecule has 2 amide bonds. The number of ether oxygens (including phenoxy) is 1. The van der Waals surface area contributed by atoms with E-state index in [1.165, 1.54) is 30.2 Å². The van der Waals surface area contributed by atoms with Crippen molar-refractivity contribution < 1.29 is 19.2 Å². The Hall–Kier alpha value is -3.75. The molecular formula is C19H18N4O5. The summed E-state index contributed by atoms with van der Waals surface area (Å²) in [6.45, 7) is 0.290. The van der Waals surface area contributed by atoms with Gasteiger partial charge in [-0.05, 0) is 31.0 Å². The zero-order valence-corrected chi connectivity index (χ0v) is 15.1. The number of methoxy groups -OCH3 is 1. The van der Waals surface area contributed by atoms with Crippen LogP contribution < -0.4 is 10.2 Å². The molecule has 0 radical (unpaired) electrons. The quantitative estimate of drug-likeness (QED) is 0.247. The minimum atomic E-state index is -0.504. The number of hydrogen-bond acceptors (Lipinski definition) is 7. The summed E-state index contributed by atoms with van der Waals surface area (Å²) in [6, 6.07) is 10.9. The predicted molar refractivity (Wildman–Crippen MR) is 103 cm³/mol. The number of hydrogen-bond donors (Lipinski definition) is 1. The average molecular weight is 382 g/mol. The molecule has 2 aromatic rings. The lowest BCUT2D eigenvalue weighted by Gasteiger charge is -2.12. The molecule has 9 nitrogen and oxygen atoms in total. The van der Waals surface area contributed by atoms with Crippen LogP contribution in [-0.2, 0) is 0 Å². The predicted octanol–water partition coefficient (Wildman–Crippen LogP) is 3.08. The zero-order valence-electron chi connectivity index (χ0n) is 15.1. The molecule has 0 atom stereocenters. The third-order valence-electron chi connectivity index (χ3n) is 4.26. The zero-order chi connectivity index (χ0) is 20.1. The van der Waals surface area contributed by atoms with Gasteiger partial charge in [-0.1, -0.05) is 12.1 Å². The molecule has 0 bridgehead atoms. The van der Waals surface area contributed by atoms with E-state index < -0.39 is 4.92 Å². The first kappa shape index (κ1) is 19.0. The van der Waals surface area contributed by atoms with Crippen molar-refractivity contribution in [2.75, 3.05) is 19.1 Å². The van der Waals surface area contributed by atoms with Crippen molar-refractivity contribution in [3.8, 4) is 5.75 Å². The van der Waals surface area contributed by atoms with Crippen molar-refractivity contribution in [1.29, 1.82) is 0 Å². The van der Waals surface area contributed by atoms with Gasteiger partial charge < -0.3 is 4.74 Å². The van der Waals surface area contributed by atoms with Gasteiger partial charge in [-0.15, -0.1) is 0 Å². The highest BCUT2D eigenvalue weighted by Crippen LogP contribution is 2.28. The Morgan fingerprint density at radius 1 is 1.18 bits per heavy atom. The van der Waals surface area contributed by atoms with Gasteiger partial charge in [0.05, 0.1) is 23.2 Å². The Morgan fingerprint density at radius 3 is 2.46 bits per heavy atom. The topological polar surface area (TPSA) is 114 Å². The molecule has 0 unspecified atom stereocenters. The summed E-state index contributed by atoms with van der Waals surface area (Å²) < 4.78 is 5.14. The largest absolute Gasteiger partial charge is 0.495 e. The number of imide groups is 1. The Morgan fingerprint density at radius 2 is 1.86 bits per heavy atom. The number of amides is 2. The number of unbranched alkanes of at least 4 members (excludes halogenated alkanes) is 1. The van der Waals surface area contributed by atoms with E-state index in [2.05, 4.69) is 10.5 Å². The molecule has 0 fully saturated rings. The second kappa shape index (κ2) is 8.30. The molecule has 9 heteroatoms. The van der Waals surface area contributed by atoms with Gasteiger partial charge in [0.25, 0.3) is 17.5 Å². The van der Waals surface area contributed by atoms with Crippen molar-refractivity contribution >= 4 is 29.4 Å². The van der Waals surface area contributed by atoms with Crippen LogP contribution in [-0.4, -0.2) is 41.5 Å². The van der Waals surface area contributed by atoms with Gasteiger partial charge in [0.2, 0.25) is 0 Å². The van der Waals surface area contributed by atoms with E-state index in [1.54, 1.807) is 30.5 Å². The lowest BCUT2D eigenvalue weighted by molar-refractivity contribution is -0.384.